The Balaban J connectivity index is 1.76. The van der Waals surface area contributed by atoms with E-state index in [-0.39, 0.29) is 0 Å². The average molecular weight is 221 g/mol. The topological polar surface area (TPSA) is 40.7 Å². The molecule has 2 N–H and O–H groups in total. The molecule has 1 heterocycles. The molecule has 1 aliphatic carbocycles. The summed E-state index contributed by atoms with van der Waals surface area (Å²) in [5, 5.41) is 3.61. The zero-order valence-electron chi connectivity index (χ0n) is 10.4. The minimum absolute atomic E-state index is 0.629. The van der Waals surface area contributed by atoms with Crippen LogP contribution in [-0.4, -0.2) is 16.0 Å². The van der Waals surface area contributed by atoms with E-state index in [4.69, 9.17) is 0 Å². The van der Waals surface area contributed by atoms with Crippen LogP contribution in [0.5, 0.6) is 0 Å². The van der Waals surface area contributed by atoms with Crippen LogP contribution in [0.2, 0.25) is 0 Å². The zero-order chi connectivity index (χ0) is 11.4. The van der Waals surface area contributed by atoms with Gasteiger partial charge in [-0.1, -0.05) is 19.3 Å². The highest BCUT2D eigenvalue weighted by Gasteiger charge is 2.19. The van der Waals surface area contributed by atoms with Crippen LogP contribution in [0.4, 0.5) is 0 Å². The molecule has 0 saturated heterocycles. The maximum absolute atomic E-state index is 4.21. The van der Waals surface area contributed by atoms with Crippen LogP contribution in [-0.2, 0) is 6.54 Å². The van der Waals surface area contributed by atoms with Crippen molar-refractivity contribution < 1.29 is 0 Å². The Morgan fingerprint density at radius 2 is 2.19 bits per heavy atom. The molecule has 2 rings (SSSR count). The first-order valence-corrected chi connectivity index (χ1v) is 6.49. The summed E-state index contributed by atoms with van der Waals surface area (Å²) in [6.45, 7) is 5.23. The van der Waals surface area contributed by atoms with Crippen molar-refractivity contribution >= 4 is 0 Å². The molecule has 0 bridgehead atoms. The highest BCUT2D eigenvalue weighted by Crippen LogP contribution is 2.26. The van der Waals surface area contributed by atoms with Gasteiger partial charge in [0.05, 0.1) is 0 Å². The second kappa shape index (κ2) is 5.48. The molecule has 1 fully saturated rings. The second-order valence-corrected chi connectivity index (χ2v) is 5.06. The predicted molar refractivity (Wildman–Crippen MR) is 66.2 cm³/mol. The van der Waals surface area contributed by atoms with Gasteiger partial charge in [0.1, 0.15) is 5.82 Å². The molecule has 0 unspecified atom stereocenters. The molecule has 0 aliphatic heterocycles. The standard InChI is InChI=1S/C13H23N3/c1-10(12-6-4-3-5-7-12)14-8-13-9-15-11(2)16-13/h9-10,12,14H,3-8H2,1-2H3,(H,15,16)/t10-/m0/s1. The quantitative estimate of drug-likeness (QED) is 0.820. The molecule has 1 aromatic rings. The Kier molecular flexibility index (Phi) is 3.99. The van der Waals surface area contributed by atoms with Gasteiger partial charge in [-0.3, -0.25) is 0 Å². The lowest BCUT2D eigenvalue weighted by atomic mass is 9.84. The van der Waals surface area contributed by atoms with Crippen molar-refractivity contribution in [2.45, 2.75) is 58.5 Å². The van der Waals surface area contributed by atoms with Crippen LogP contribution >= 0.6 is 0 Å². The van der Waals surface area contributed by atoms with Gasteiger partial charge < -0.3 is 10.3 Å². The third-order valence-corrected chi connectivity index (χ3v) is 3.73. The first-order valence-electron chi connectivity index (χ1n) is 6.49. The molecular formula is C13H23N3. The molecule has 1 aromatic heterocycles. The van der Waals surface area contributed by atoms with E-state index >= 15 is 0 Å². The van der Waals surface area contributed by atoms with Gasteiger partial charge in [0.15, 0.2) is 0 Å². The monoisotopic (exact) mass is 221 g/mol. The van der Waals surface area contributed by atoms with Crippen LogP contribution in [0.1, 0.15) is 50.5 Å². The van der Waals surface area contributed by atoms with Gasteiger partial charge in [0, 0.05) is 24.5 Å². The van der Waals surface area contributed by atoms with Gasteiger partial charge >= 0.3 is 0 Å². The number of imidazole rings is 1. The molecule has 1 saturated carbocycles. The summed E-state index contributed by atoms with van der Waals surface area (Å²) in [6, 6.07) is 0.629. The number of rotatable bonds is 4. The Bertz CT molecular complexity index is 313. The van der Waals surface area contributed by atoms with Crippen LogP contribution < -0.4 is 5.32 Å². The van der Waals surface area contributed by atoms with Gasteiger partial charge in [-0.05, 0) is 32.6 Å². The van der Waals surface area contributed by atoms with E-state index in [1.54, 1.807) is 0 Å². The summed E-state index contributed by atoms with van der Waals surface area (Å²) in [5.74, 6) is 1.87. The zero-order valence-corrected chi connectivity index (χ0v) is 10.4. The molecule has 0 amide bonds. The molecule has 16 heavy (non-hydrogen) atoms. The maximum atomic E-state index is 4.21. The highest BCUT2D eigenvalue weighted by molar-refractivity contribution is 4.99. The molecule has 0 radical (unpaired) electrons. The lowest BCUT2D eigenvalue weighted by Crippen LogP contribution is -2.34. The number of nitrogens with zero attached hydrogens (tertiary/aromatic N) is 1. The third kappa shape index (κ3) is 3.08. The summed E-state index contributed by atoms with van der Waals surface area (Å²) in [6.07, 6.45) is 8.99. The molecule has 90 valence electrons. The van der Waals surface area contributed by atoms with Crippen molar-refractivity contribution in [1.29, 1.82) is 0 Å². The van der Waals surface area contributed by atoms with Crippen molar-refractivity contribution in [2.24, 2.45) is 5.92 Å². The largest absolute Gasteiger partial charge is 0.345 e. The van der Waals surface area contributed by atoms with E-state index in [2.05, 4.69) is 22.2 Å². The summed E-state index contributed by atoms with van der Waals surface area (Å²) in [5.41, 5.74) is 1.19. The van der Waals surface area contributed by atoms with Gasteiger partial charge in [0.2, 0.25) is 0 Å². The summed E-state index contributed by atoms with van der Waals surface area (Å²) in [7, 11) is 0. The van der Waals surface area contributed by atoms with E-state index in [0.29, 0.717) is 6.04 Å². The van der Waals surface area contributed by atoms with Crippen molar-refractivity contribution in [1.82, 2.24) is 15.3 Å². The smallest absolute Gasteiger partial charge is 0.103 e. The van der Waals surface area contributed by atoms with Gasteiger partial charge in [0.25, 0.3) is 0 Å². The molecular weight excluding hydrogens is 198 g/mol. The van der Waals surface area contributed by atoms with Gasteiger partial charge in [-0.15, -0.1) is 0 Å². The van der Waals surface area contributed by atoms with E-state index in [9.17, 15) is 0 Å². The Labute approximate surface area is 98.1 Å². The lowest BCUT2D eigenvalue weighted by Gasteiger charge is -2.28. The summed E-state index contributed by atoms with van der Waals surface area (Å²) in [4.78, 5) is 7.47. The first kappa shape index (κ1) is 11.6. The van der Waals surface area contributed by atoms with Crippen molar-refractivity contribution in [2.75, 3.05) is 0 Å². The van der Waals surface area contributed by atoms with Crippen molar-refractivity contribution in [3.8, 4) is 0 Å². The van der Waals surface area contributed by atoms with Crippen molar-refractivity contribution in [3.63, 3.8) is 0 Å². The van der Waals surface area contributed by atoms with E-state index in [1.165, 1.54) is 37.8 Å². The minimum Gasteiger partial charge on any atom is -0.345 e. The highest BCUT2D eigenvalue weighted by atomic mass is 15.0. The Morgan fingerprint density at radius 1 is 1.44 bits per heavy atom. The third-order valence-electron chi connectivity index (χ3n) is 3.73. The molecule has 0 spiro atoms. The number of H-pyrrole nitrogens is 1. The van der Waals surface area contributed by atoms with Crippen LogP contribution in [0.25, 0.3) is 0 Å². The van der Waals surface area contributed by atoms with E-state index < -0.39 is 0 Å². The fraction of sp³-hybridized carbons (Fsp3) is 0.769. The maximum Gasteiger partial charge on any atom is 0.103 e. The normalized spacial score (nSPS) is 19.9. The molecule has 3 nitrogen and oxygen atoms in total. The molecule has 1 aliphatic rings. The fourth-order valence-corrected chi connectivity index (χ4v) is 2.63. The summed E-state index contributed by atoms with van der Waals surface area (Å²) < 4.78 is 0. The van der Waals surface area contributed by atoms with Crippen LogP contribution in [0.3, 0.4) is 0 Å². The molecule has 3 heteroatoms. The van der Waals surface area contributed by atoms with Crippen LogP contribution in [0, 0.1) is 12.8 Å². The number of aryl methyl sites for hydroxylation is 1. The Hall–Kier alpha value is -0.830. The number of nitrogens with one attached hydrogen (secondary N) is 2. The Morgan fingerprint density at radius 3 is 2.81 bits per heavy atom. The fourth-order valence-electron chi connectivity index (χ4n) is 2.63. The summed E-state index contributed by atoms with van der Waals surface area (Å²) >= 11 is 0. The van der Waals surface area contributed by atoms with E-state index in [1.807, 2.05) is 13.1 Å². The molecule has 0 aromatic carbocycles. The first-order chi connectivity index (χ1) is 7.75. The number of aromatic nitrogens is 2. The number of hydrogen-bond acceptors (Lipinski definition) is 2. The lowest BCUT2D eigenvalue weighted by molar-refractivity contribution is 0.280. The SMILES string of the molecule is Cc1ncc(CN[C@@H](C)C2CCCCC2)[nH]1. The predicted octanol–water partition coefficient (Wildman–Crippen LogP) is 2.78. The second-order valence-electron chi connectivity index (χ2n) is 5.06. The average Bonchev–Trinajstić information content (AvgIpc) is 2.73. The van der Waals surface area contributed by atoms with E-state index in [0.717, 1.165) is 18.3 Å². The molecule has 1 atom stereocenters. The van der Waals surface area contributed by atoms with Crippen LogP contribution in [0.15, 0.2) is 6.20 Å². The van der Waals surface area contributed by atoms with Gasteiger partial charge in [-0.25, -0.2) is 4.98 Å². The van der Waals surface area contributed by atoms with Gasteiger partial charge in [-0.2, -0.15) is 0 Å². The minimum atomic E-state index is 0.629. The number of aromatic amines is 1. The number of hydrogen-bond donors (Lipinski definition) is 2. The van der Waals surface area contributed by atoms with Crippen molar-refractivity contribution in [3.05, 3.63) is 17.7 Å².